The first-order chi connectivity index (χ1) is 7.93. The van der Waals surface area contributed by atoms with Gasteiger partial charge >= 0.3 is 0 Å². The number of terminal acetylenes is 1. The Morgan fingerprint density at radius 1 is 1.24 bits per heavy atom. The molecule has 0 saturated carbocycles. The second-order valence-corrected chi connectivity index (χ2v) is 5.17. The molecule has 0 amide bonds. The van der Waals surface area contributed by atoms with Gasteiger partial charge in [0.1, 0.15) is 5.75 Å². The quantitative estimate of drug-likeness (QED) is 0.698. The Morgan fingerprint density at radius 2 is 1.94 bits per heavy atom. The van der Waals surface area contributed by atoms with Crippen molar-refractivity contribution in [2.45, 2.75) is 26.2 Å². The first kappa shape index (κ1) is 11.5. The van der Waals surface area contributed by atoms with E-state index >= 15 is 0 Å². The van der Waals surface area contributed by atoms with E-state index in [1.165, 1.54) is 0 Å². The highest BCUT2D eigenvalue weighted by atomic mass is 16.3. The predicted octanol–water partition coefficient (Wildman–Crippen LogP) is 3.22. The third-order valence-electron chi connectivity index (χ3n) is 2.80. The largest absolute Gasteiger partial charge is 0.508 e. The van der Waals surface area contributed by atoms with E-state index in [-0.39, 0.29) is 11.2 Å². The highest BCUT2D eigenvalue weighted by Crippen LogP contribution is 2.34. The van der Waals surface area contributed by atoms with Crippen LogP contribution in [0.15, 0.2) is 24.5 Å². The van der Waals surface area contributed by atoms with E-state index in [0.29, 0.717) is 0 Å². The van der Waals surface area contributed by atoms with Crippen LogP contribution >= 0.6 is 0 Å². The van der Waals surface area contributed by atoms with Crippen LogP contribution in [0.25, 0.3) is 10.8 Å². The number of hydrogen-bond acceptors (Lipinski definition) is 2. The standard InChI is InChI=1S/C15H15NO/c1-5-10-8-16-9-11-6-12(17)7-13(14(10)11)15(2,3)4/h1,6-9,17H,2-4H3. The number of phenolic OH excluding ortho intramolecular Hbond substituents is 1. The number of aromatic hydroxyl groups is 1. The molecule has 1 aromatic heterocycles. The zero-order chi connectivity index (χ0) is 12.6. The van der Waals surface area contributed by atoms with E-state index in [2.05, 4.69) is 31.7 Å². The SMILES string of the molecule is C#Cc1cncc2cc(O)cc(C(C)(C)C)c12. The topological polar surface area (TPSA) is 33.1 Å². The van der Waals surface area contributed by atoms with Gasteiger partial charge in [-0.25, -0.2) is 0 Å². The predicted molar refractivity (Wildman–Crippen MR) is 70.0 cm³/mol. The van der Waals surface area contributed by atoms with Crippen molar-refractivity contribution in [1.29, 1.82) is 0 Å². The van der Waals surface area contributed by atoms with E-state index in [1.807, 2.05) is 0 Å². The van der Waals surface area contributed by atoms with E-state index in [0.717, 1.165) is 21.9 Å². The van der Waals surface area contributed by atoms with Crippen LogP contribution in [0.4, 0.5) is 0 Å². The smallest absolute Gasteiger partial charge is 0.116 e. The number of fused-ring (bicyclic) bond motifs is 1. The van der Waals surface area contributed by atoms with Crippen LogP contribution in [0, 0.1) is 12.3 Å². The van der Waals surface area contributed by atoms with E-state index in [9.17, 15) is 5.11 Å². The number of pyridine rings is 1. The minimum Gasteiger partial charge on any atom is -0.508 e. The lowest BCUT2D eigenvalue weighted by molar-refractivity contribution is 0.472. The number of benzene rings is 1. The molecule has 0 atom stereocenters. The molecular formula is C15H15NO. The van der Waals surface area contributed by atoms with Crippen molar-refractivity contribution in [2.24, 2.45) is 0 Å². The second kappa shape index (κ2) is 3.78. The molecule has 0 saturated heterocycles. The molecule has 0 radical (unpaired) electrons. The average Bonchev–Trinajstić information content (AvgIpc) is 2.25. The van der Waals surface area contributed by atoms with Crippen molar-refractivity contribution in [3.8, 4) is 18.1 Å². The minimum atomic E-state index is -0.0794. The Labute approximate surface area is 101 Å². The lowest BCUT2D eigenvalue weighted by Gasteiger charge is -2.22. The second-order valence-electron chi connectivity index (χ2n) is 5.17. The summed E-state index contributed by atoms with van der Waals surface area (Å²) in [6.45, 7) is 6.30. The summed E-state index contributed by atoms with van der Waals surface area (Å²) in [6, 6.07) is 3.47. The normalized spacial score (nSPS) is 11.4. The van der Waals surface area contributed by atoms with Gasteiger partial charge in [-0.05, 0) is 23.1 Å². The van der Waals surface area contributed by atoms with Gasteiger partial charge < -0.3 is 5.11 Å². The summed E-state index contributed by atoms with van der Waals surface area (Å²) in [5.74, 6) is 2.91. The van der Waals surface area contributed by atoms with Crippen molar-refractivity contribution >= 4 is 10.8 Å². The van der Waals surface area contributed by atoms with Crippen LogP contribution in [-0.4, -0.2) is 10.1 Å². The average molecular weight is 225 g/mol. The third-order valence-corrected chi connectivity index (χ3v) is 2.80. The van der Waals surface area contributed by atoms with Gasteiger partial charge in [-0.2, -0.15) is 0 Å². The first-order valence-electron chi connectivity index (χ1n) is 5.51. The highest BCUT2D eigenvalue weighted by Gasteiger charge is 2.19. The molecule has 0 aliphatic carbocycles. The summed E-state index contributed by atoms with van der Waals surface area (Å²) in [6.07, 6.45) is 8.93. The van der Waals surface area contributed by atoms with Crippen molar-refractivity contribution in [2.75, 3.05) is 0 Å². The molecule has 1 aromatic carbocycles. The van der Waals surface area contributed by atoms with Crippen molar-refractivity contribution in [3.05, 3.63) is 35.7 Å². The third kappa shape index (κ3) is 1.97. The zero-order valence-electron chi connectivity index (χ0n) is 10.3. The molecule has 0 unspecified atom stereocenters. The number of nitrogens with zero attached hydrogens (tertiary/aromatic N) is 1. The lowest BCUT2D eigenvalue weighted by atomic mass is 9.82. The van der Waals surface area contributed by atoms with Gasteiger partial charge in [-0.15, -0.1) is 6.42 Å². The summed E-state index contributed by atoms with van der Waals surface area (Å²) >= 11 is 0. The summed E-state index contributed by atoms with van der Waals surface area (Å²) in [5.41, 5.74) is 1.74. The molecule has 0 spiro atoms. The van der Waals surface area contributed by atoms with Crippen molar-refractivity contribution < 1.29 is 5.11 Å². The molecule has 0 aliphatic rings. The van der Waals surface area contributed by atoms with Gasteiger partial charge in [-0.3, -0.25) is 4.98 Å². The maximum absolute atomic E-state index is 9.76. The van der Waals surface area contributed by atoms with Crippen LogP contribution in [0.3, 0.4) is 0 Å². The first-order valence-corrected chi connectivity index (χ1v) is 5.51. The van der Waals surface area contributed by atoms with Crippen LogP contribution in [0.1, 0.15) is 31.9 Å². The fourth-order valence-electron chi connectivity index (χ4n) is 2.01. The Balaban J connectivity index is 2.96. The number of aromatic nitrogens is 1. The Bertz CT molecular complexity index is 615. The zero-order valence-corrected chi connectivity index (χ0v) is 10.3. The van der Waals surface area contributed by atoms with Crippen LogP contribution in [0.5, 0.6) is 5.75 Å². The lowest BCUT2D eigenvalue weighted by Crippen LogP contribution is -2.12. The van der Waals surface area contributed by atoms with Crippen molar-refractivity contribution in [3.63, 3.8) is 0 Å². The highest BCUT2D eigenvalue weighted by molar-refractivity contribution is 5.92. The summed E-state index contributed by atoms with van der Waals surface area (Å²) in [4.78, 5) is 4.09. The van der Waals surface area contributed by atoms with Gasteiger partial charge in [0.15, 0.2) is 0 Å². The molecular weight excluding hydrogens is 210 g/mol. The Hall–Kier alpha value is -2.01. The van der Waals surface area contributed by atoms with E-state index in [4.69, 9.17) is 6.42 Å². The summed E-state index contributed by atoms with van der Waals surface area (Å²) < 4.78 is 0. The van der Waals surface area contributed by atoms with Gasteiger partial charge in [-0.1, -0.05) is 26.7 Å². The number of hydrogen-bond donors (Lipinski definition) is 1. The molecule has 1 heterocycles. The maximum atomic E-state index is 9.76. The molecule has 2 aromatic rings. The van der Waals surface area contributed by atoms with Gasteiger partial charge in [0.2, 0.25) is 0 Å². The minimum absolute atomic E-state index is 0.0794. The molecule has 17 heavy (non-hydrogen) atoms. The summed E-state index contributed by atoms with van der Waals surface area (Å²) in [7, 11) is 0. The maximum Gasteiger partial charge on any atom is 0.116 e. The Kier molecular flexibility index (Phi) is 2.55. The number of phenols is 1. The molecule has 2 rings (SSSR count). The van der Waals surface area contributed by atoms with Crippen LogP contribution in [0.2, 0.25) is 0 Å². The molecule has 2 nitrogen and oxygen atoms in total. The molecule has 86 valence electrons. The van der Waals surface area contributed by atoms with Gasteiger partial charge in [0.05, 0.1) is 5.56 Å². The molecule has 0 aliphatic heterocycles. The van der Waals surface area contributed by atoms with Crippen LogP contribution in [-0.2, 0) is 5.41 Å². The van der Waals surface area contributed by atoms with Crippen molar-refractivity contribution in [1.82, 2.24) is 4.98 Å². The van der Waals surface area contributed by atoms with Crippen LogP contribution < -0.4 is 0 Å². The molecule has 0 fully saturated rings. The summed E-state index contributed by atoms with van der Waals surface area (Å²) in [5, 5.41) is 11.6. The fourth-order valence-corrected chi connectivity index (χ4v) is 2.01. The van der Waals surface area contributed by atoms with Gasteiger partial charge in [0.25, 0.3) is 0 Å². The molecule has 2 heteroatoms. The number of rotatable bonds is 0. The molecule has 1 N–H and O–H groups in total. The van der Waals surface area contributed by atoms with E-state index < -0.39 is 0 Å². The Morgan fingerprint density at radius 3 is 2.53 bits per heavy atom. The molecule has 0 bridgehead atoms. The fraction of sp³-hybridized carbons (Fsp3) is 0.267. The monoisotopic (exact) mass is 225 g/mol. The van der Waals surface area contributed by atoms with Gasteiger partial charge in [0, 0.05) is 23.2 Å². The van der Waals surface area contributed by atoms with E-state index in [1.54, 1.807) is 24.5 Å².